The Morgan fingerprint density at radius 2 is 2.00 bits per heavy atom. The number of carboxylic acid groups (broad SMARTS) is 1. The van der Waals surface area contributed by atoms with Crippen LogP contribution in [-0.4, -0.2) is 19.1 Å². The predicted molar refractivity (Wildman–Crippen MR) is 63.6 cm³/mol. The third kappa shape index (κ3) is 3.52. The van der Waals surface area contributed by atoms with E-state index in [-0.39, 0.29) is 5.56 Å². The van der Waals surface area contributed by atoms with Gasteiger partial charge in [0.05, 0.1) is 5.56 Å². The summed E-state index contributed by atoms with van der Waals surface area (Å²) < 4.78 is 13.3. The van der Waals surface area contributed by atoms with Gasteiger partial charge in [-0.1, -0.05) is 25.6 Å². The van der Waals surface area contributed by atoms with Crippen LogP contribution in [0.4, 0.5) is 4.39 Å². The van der Waals surface area contributed by atoms with E-state index in [4.69, 9.17) is 5.11 Å². The van der Waals surface area contributed by atoms with Crippen LogP contribution in [0.1, 0.15) is 15.9 Å². The number of halogens is 1. The van der Waals surface area contributed by atoms with Gasteiger partial charge in [-0.25, -0.2) is 9.18 Å². The fourth-order valence-corrected chi connectivity index (χ4v) is 1.55. The topological polar surface area (TPSA) is 37.3 Å². The van der Waals surface area contributed by atoms with Crippen molar-refractivity contribution in [2.24, 2.45) is 0 Å². The molecule has 1 aromatic carbocycles. The molecule has 0 saturated carbocycles. The van der Waals surface area contributed by atoms with E-state index in [0.717, 1.165) is 6.07 Å². The van der Waals surface area contributed by atoms with Gasteiger partial charge in [0.15, 0.2) is 0 Å². The molecule has 0 fully saturated rings. The first-order chi connectivity index (χ1) is 7.29. The average molecular weight is 236 g/mol. The minimum atomic E-state index is -1.49. The lowest BCUT2D eigenvalue weighted by molar-refractivity contribution is 0.0692. The standard InChI is InChI=1S/C12H13FO2Si/c1-16(2,3)7-6-9-4-5-10(12(14)15)11(13)8-9/h4-5,8H,1-3H3,(H,14,15). The van der Waals surface area contributed by atoms with Gasteiger partial charge >= 0.3 is 5.97 Å². The molecule has 0 aliphatic carbocycles. The van der Waals surface area contributed by atoms with Crippen molar-refractivity contribution in [2.75, 3.05) is 0 Å². The molecule has 0 amide bonds. The van der Waals surface area contributed by atoms with Crippen molar-refractivity contribution in [3.8, 4) is 11.5 Å². The van der Waals surface area contributed by atoms with Gasteiger partial charge in [-0.2, -0.15) is 0 Å². The first kappa shape index (κ1) is 12.5. The number of rotatable bonds is 1. The fraction of sp³-hybridized carbons (Fsp3) is 0.250. The molecule has 1 aromatic rings. The van der Waals surface area contributed by atoms with Crippen LogP contribution in [0.15, 0.2) is 18.2 Å². The molecule has 2 nitrogen and oxygen atoms in total. The molecule has 1 N–H and O–H groups in total. The molecule has 0 aromatic heterocycles. The molecule has 0 atom stereocenters. The number of aromatic carboxylic acids is 1. The van der Waals surface area contributed by atoms with Crippen molar-refractivity contribution in [3.05, 3.63) is 35.1 Å². The lowest BCUT2D eigenvalue weighted by Crippen LogP contribution is -2.16. The number of hydrogen-bond acceptors (Lipinski definition) is 1. The monoisotopic (exact) mass is 236 g/mol. The van der Waals surface area contributed by atoms with E-state index in [1.54, 1.807) is 0 Å². The van der Waals surface area contributed by atoms with E-state index in [2.05, 4.69) is 31.1 Å². The molecule has 4 heteroatoms. The van der Waals surface area contributed by atoms with Gasteiger partial charge in [0.1, 0.15) is 13.9 Å². The maximum atomic E-state index is 13.3. The highest BCUT2D eigenvalue weighted by Gasteiger charge is 2.10. The Balaban J connectivity index is 3.06. The lowest BCUT2D eigenvalue weighted by atomic mass is 10.1. The molecule has 1 rings (SSSR count). The van der Waals surface area contributed by atoms with Crippen molar-refractivity contribution < 1.29 is 14.3 Å². The Kier molecular flexibility index (Phi) is 3.50. The Labute approximate surface area is 95.1 Å². The fourth-order valence-electron chi connectivity index (χ4n) is 1.03. The van der Waals surface area contributed by atoms with Crippen LogP contribution >= 0.6 is 0 Å². The molecule has 0 unspecified atom stereocenters. The summed E-state index contributed by atoms with van der Waals surface area (Å²) in [5.41, 5.74) is 3.29. The second-order valence-electron chi connectivity index (χ2n) is 4.50. The number of benzene rings is 1. The summed E-state index contributed by atoms with van der Waals surface area (Å²) in [7, 11) is -1.49. The quantitative estimate of drug-likeness (QED) is 0.601. The molecule has 84 valence electrons. The molecule has 0 radical (unpaired) electrons. The number of carbonyl (C=O) groups is 1. The number of hydrogen-bond donors (Lipinski definition) is 1. The highest BCUT2D eigenvalue weighted by atomic mass is 28.3. The molecule has 0 aliphatic heterocycles. The van der Waals surface area contributed by atoms with Crippen molar-refractivity contribution in [1.29, 1.82) is 0 Å². The second-order valence-corrected chi connectivity index (χ2v) is 9.25. The van der Waals surface area contributed by atoms with Gasteiger partial charge in [-0.05, 0) is 18.2 Å². The maximum absolute atomic E-state index is 13.3. The molecule has 0 bridgehead atoms. The summed E-state index contributed by atoms with van der Waals surface area (Å²) in [6.45, 7) is 6.26. The van der Waals surface area contributed by atoms with Crippen LogP contribution in [0.25, 0.3) is 0 Å². The van der Waals surface area contributed by atoms with Gasteiger partial charge in [0, 0.05) is 5.56 Å². The highest BCUT2D eigenvalue weighted by molar-refractivity contribution is 6.83. The minimum Gasteiger partial charge on any atom is -0.478 e. The molecular weight excluding hydrogens is 223 g/mol. The van der Waals surface area contributed by atoms with Crippen LogP contribution in [0.2, 0.25) is 19.6 Å². The zero-order valence-electron chi connectivity index (χ0n) is 9.47. The number of carboxylic acids is 1. The summed E-state index contributed by atoms with van der Waals surface area (Å²) in [5, 5.41) is 8.65. The van der Waals surface area contributed by atoms with Gasteiger partial charge in [-0.15, -0.1) is 5.54 Å². The molecule has 16 heavy (non-hydrogen) atoms. The van der Waals surface area contributed by atoms with Crippen LogP contribution in [0.3, 0.4) is 0 Å². The summed E-state index contributed by atoms with van der Waals surface area (Å²) >= 11 is 0. The highest BCUT2D eigenvalue weighted by Crippen LogP contribution is 2.10. The average Bonchev–Trinajstić information content (AvgIpc) is 2.13. The third-order valence-electron chi connectivity index (χ3n) is 1.78. The molecular formula is C12H13FO2Si. The summed E-state index contributed by atoms with van der Waals surface area (Å²) in [4.78, 5) is 10.6. The van der Waals surface area contributed by atoms with Gasteiger partial charge < -0.3 is 5.11 Å². The van der Waals surface area contributed by atoms with Gasteiger partial charge in [-0.3, -0.25) is 0 Å². The van der Waals surface area contributed by atoms with Crippen LogP contribution in [0, 0.1) is 17.3 Å². The summed E-state index contributed by atoms with van der Waals surface area (Å²) in [6.07, 6.45) is 0. The second kappa shape index (κ2) is 4.50. The van der Waals surface area contributed by atoms with E-state index in [0.29, 0.717) is 5.56 Å². The lowest BCUT2D eigenvalue weighted by Gasteiger charge is -2.03. The van der Waals surface area contributed by atoms with Crippen molar-refractivity contribution in [1.82, 2.24) is 0 Å². The van der Waals surface area contributed by atoms with E-state index < -0.39 is 19.9 Å². The Morgan fingerprint density at radius 1 is 1.38 bits per heavy atom. The van der Waals surface area contributed by atoms with Crippen molar-refractivity contribution in [2.45, 2.75) is 19.6 Å². The zero-order chi connectivity index (χ0) is 12.3. The maximum Gasteiger partial charge on any atom is 0.338 e. The van der Waals surface area contributed by atoms with Crippen LogP contribution < -0.4 is 0 Å². The van der Waals surface area contributed by atoms with Crippen molar-refractivity contribution >= 4 is 14.0 Å². The van der Waals surface area contributed by atoms with Crippen LogP contribution in [0.5, 0.6) is 0 Å². The largest absolute Gasteiger partial charge is 0.478 e. The first-order valence-electron chi connectivity index (χ1n) is 4.85. The normalized spacial score (nSPS) is 10.5. The Morgan fingerprint density at radius 3 is 2.44 bits per heavy atom. The van der Waals surface area contributed by atoms with Gasteiger partial charge in [0.25, 0.3) is 0 Å². The predicted octanol–water partition coefficient (Wildman–Crippen LogP) is 2.75. The van der Waals surface area contributed by atoms with E-state index in [1.807, 2.05) is 0 Å². The minimum absolute atomic E-state index is 0.321. The molecule has 0 spiro atoms. The van der Waals surface area contributed by atoms with Crippen LogP contribution in [-0.2, 0) is 0 Å². The van der Waals surface area contributed by atoms with Crippen molar-refractivity contribution in [3.63, 3.8) is 0 Å². The zero-order valence-corrected chi connectivity index (χ0v) is 10.5. The molecule has 0 saturated heterocycles. The SMILES string of the molecule is C[Si](C)(C)C#Cc1ccc(C(=O)O)c(F)c1. The summed E-state index contributed by atoms with van der Waals surface area (Å²) in [6, 6.07) is 3.93. The Hall–Kier alpha value is -1.60. The summed E-state index contributed by atoms with van der Waals surface area (Å²) in [5.74, 6) is 0.868. The molecule has 0 aliphatic rings. The molecule has 0 heterocycles. The first-order valence-corrected chi connectivity index (χ1v) is 8.35. The van der Waals surface area contributed by atoms with E-state index in [9.17, 15) is 9.18 Å². The third-order valence-corrected chi connectivity index (χ3v) is 2.66. The van der Waals surface area contributed by atoms with Gasteiger partial charge in [0.2, 0.25) is 0 Å². The van der Waals surface area contributed by atoms with E-state index in [1.165, 1.54) is 12.1 Å². The van der Waals surface area contributed by atoms with E-state index >= 15 is 0 Å². The smallest absolute Gasteiger partial charge is 0.338 e. The Bertz CT molecular complexity index is 478.